The molecule has 1 saturated heterocycles. The fourth-order valence-electron chi connectivity index (χ4n) is 6.82. The summed E-state index contributed by atoms with van der Waals surface area (Å²) in [6, 6.07) is 33.6. The Morgan fingerprint density at radius 2 is 1.37 bits per heavy atom. The van der Waals surface area contributed by atoms with Crippen molar-refractivity contribution < 1.29 is 32.6 Å². The van der Waals surface area contributed by atoms with E-state index in [2.05, 4.69) is 54.1 Å². The zero-order valence-corrected chi connectivity index (χ0v) is 34.2. The lowest BCUT2D eigenvalue weighted by atomic mass is 9.79. The van der Waals surface area contributed by atoms with Gasteiger partial charge < -0.3 is 28.7 Å². The van der Waals surface area contributed by atoms with Crippen molar-refractivity contribution in [2.45, 2.75) is 69.1 Å². The summed E-state index contributed by atoms with van der Waals surface area (Å²) in [4.78, 5) is 26.7. The molecule has 0 spiro atoms. The number of halogens is 1. The molecule has 1 amide bonds. The first kappa shape index (κ1) is 39.8. The average Bonchev–Trinajstić information content (AvgIpc) is 3.80. The minimum absolute atomic E-state index is 0.0113. The van der Waals surface area contributed by atoms with Gasteiger partial charge >= 0.3 is 0 Å². The lowest BCUT2D eigenvalue weighted by Gasteiger charge is -2.39. The maximum absolute atomic E-state index is 17.6. The molecule has 0 aliphatic carbocycles. The molecule has 4 aromatic carbocycles. The molecule has 4 atom stereocenters. The molecule has 11 nitrogen and oxygen atoms in total. The monoisotopic (exact) mass is 789 g/mol. The zero-order valence-electron chi connectivity index (χ0n) is 33.2. The number of rotatable bonds is 13. The van der Waals surface area contributed by atoms with Gasteiger partial charge in [-0.2, -0.15) is 0 Å². The van der Waals surface area contributed by atoms with Crippen molar-refractivity contribution in [3.63, 3.8) is 0 Å². The fraction of sp³-hybridized carbons (Fsp3) is 0.318. The molecule has 3 heterocycles. The maximum Gasteiger partial charge on any atom is 0.256 e. The third kappa shape index (κ3) is 7.80. The van der Waals surface area contributed by atoms with Crippen LogP contribution in [-0.4, -0.2) is 72.9 Å². The Morgan fingerprint density at radius 1 is 0.807 bits per heavy atom. The molecular weight excluding hydrogens is 742 g/mol. The van der Waals surface area contributed by atoms with Gasteiger partial charge in [-0.1, -0.05) is 93.6 Å². The van der Waals surface area contributed by atoms with Gasteiger partial charge in [0, 0.05) is 5.56 Å². The maximum atomic E-state index is 17.6. The molecule has 1 N–H and O–H groups in total. The van der Waals surface area contributed by atoms with Crippen molar-refractivity contribution in [3.8, 4) is 11.5 Å². The first-order valence-corrected chi connectivity index (χ1v) is 21.8. The molecule has 1 aliphatic heterocycles. The van der Waals surface area contributed by atoms with E-state index < -0.39 is 38.5 Å². The minimum atomic E-state index is -2.32. The Labute approximate surface area is 333 Å². The largest absolute Gasteiger partial charge is 0.497 e. The van der Waals surface area contributed by atoms with Crippen LogP contribution in [0.15, 0.2) is 122 Å². The highest BCUT2D eigenvalue weighted by Crippen LogP contribution is 2.48. The number of nitrogens with one attached hydrogen (secondary N) is 1. The van der Waals surface area contributed by atoms with E-state index in [-0.39, 0.29) is 23.4 Å². The number of imidazole rings is 1. The number of aromatic nitrogens is 4. The summed E-state index contributed by atoms with van der Waals surface area (Å²) in [5.41, 5.74) is 1.94. The van der Waals surface area contributed by atoms with Crippen molar-refractivity contribution in [2.75, 3.05) is 26.1 Å². The van der Waals surface area contributed by atoms with Gasteiger partial charge in [-0.3, -0.25) is 9.36 Å². The highest BCUT2D eigenvalue weighted by atomic mass is 28.4. The van der Waals surface area contributed by atoms with Crippen molar-refractivity contribution in [1.29, 1.82) is 0 Å². The number of hydrogen-bond donors (Lipinski definition) is 1. The number of benzene rings is 4. The van der Waals surface area contributed by atoms with Crippen molar-refractivity contribution in [1.82, 2.24) is 19.5 Å². The van der Waals surface area contributed by atoms with Crippen molar-refractivity contribution in [3.05, 3.63) is 144 Å². The molecule has 0 bridgehead atoms. The molecule has 7 rings (SSSR count). The molecule has 1 aliphatic rings. The molecule has 13 heteroatoms. The number of nitrogens with zero attached hydrogens (tertiary/aromatic N) is 4. The van der Waals surface area contributed by atoms with Crippen LogP contribution in [0.3, 0.4) is 0 Å². The van der Waals surface area contributed by atoms with Crippen LogP contribution in [0.4, 0.5) is 10.2 Å². The van der Waals surface area contributed by atoms with E-state index in [9.17, 15) is 4.79 Å². The molecule has 1 fully saturated rings. The number of hydrogen-bond acceptors (Lipinski definition) is 9. The van der Waals surface area contributed by atoms with Crippen LogP contribution in [0, 0.1) is 0 Å². The number of carbonyl (C=O) groups excluding carboxylic acids is 1. The highest BCUT2D eigenvalue weighted by Gasteiger charge is 2.53. The Morgan fingerprint density at radius 3 is 1.93 bits per heavy atom. The third-order valence-corrected chi connectivity index (χ3v) is 15.6. The average molecular weight is 790 g/mol. The lowest BCUT2D eigenvalue weighted by Crippen LogP contribution is -2.45. The first-order valence-electron chi connectivity index (χ1n) is 18.9. The number of amides is 1. The van der Waals surface area contributed by atoms with E-state index in [4.69, 9.17) is 23.4 Å². The molecule has 0 saturated carbocycles. The van der Waals surface area contributed by atoms with Crippen LogP contribution in [0.1, 0.15) is 54.0 Å². The van der Waals surface area contributed by atoms with Gasteiger partial charge in [0.2, 0.25) is 0 Å². The molecular formula is C44H48FN5O6Si. The number of ether oxygens (including phenoxy) is 4. The second-order valence-corrected chi connectivity index (χ2v) is 20.3. The summed E-state index contributed by atoms with van der Waals surface area (Å²) in [6.07, 6.45) is -2.14. The summed E-state index contributed by atoms with van der Waals surface area (Å²) in [7, 11) is 0.895. The summed E-state index contributed by atoms with van der Waals surface area (Å²) < 4.78 is 51.0. The van der Waals surface area contributed by atoms with E-state index in [1.54, 1.807) is 43.1 Å². The van der Waals surface area contributed by atoms with Crippen LogP contribution in [0.2, 0.25) is 18.1 Å². The molecule has 2 aromatic heterocycles. The van der Waals surface area contributed by atoms with E-state index in [1.807, 2.05) is 84.9 Å². The summed E-state index contributed by atoms with van der Waals surface area (Å²) in [5.74, 6) is 1.15. The van der Waals surface area contributed by atoms with Crippen LogP contribution in [-0.2, 0) is 19.5 Å². The van der Waals surface area contributed by atoms with Gasteiger partial charge in [-0.25, -0.2) is 19.3 Å². The van der Waals surface area contributed by atoms with E-state index in [1.165, 1.54) is 12.7 Å². The van der Waals surface area contributed by atoms with Crippen LogP contribution in [0.5, 0.6) is 11.5 Å². The van der Waals surface area contributed by atoms with Gasteiger partial charge in [0.1, 0.15) is 35.6 Å². The lowest BCUT2D eigenvalue weighted by molar-refractivity contribution is -0.115. The normalized spacial score (nSPS) is 18.7. The van der Waals surface area contributed by atoms with Crippen LogP contribution in [0.25, 0.3) is 11.2 Å². The molecule has 296 valence electrons. The molecule has 6 aromatic rings. The van der Waals surface area contributed by atoms with Gasteiger partial charge in [-0.15, -0.1) is 0 Å². The van der Waals surface area contributed by atoms with Gasteiger partial charge in [0.05, 0.1) is 27.2 Å². The van der Waals surface area contributed by atoms with E-state index >= 15 is 4.39 Å². The Hall–Kier alpha value is -5.47. The highest BCUT2D eigenvalue weighted by molar-refractivity contribution is 6.74. The number of fused-ring (bicyclic) bond motifs is 1. The molecule has 57 heavy (non-hydrogen) atoms. The smallest absolute Gasteiger partial charge is 0.256 e. The topological polar surface area (TPSA) is 119 Å². The second-order valence-electron chi connectivity index (χ2n) is 15.5. The SMILES string of the molecule is COc1ccc(C(O[C@@H]2[C@@H](F)[C@@H](CO[Si](C)(C)C(C)(C)C)O[C@H]2n2cnc3c(NC(=O)c4ccccc4)ncnc32)(c2ccccc2)c2ccc(OC)cc2)cc1. The quantitative estimate of drug-likeness (QED) is 0.0906. The standard InChI is InChI=1S/C44H48FN5O6Si/c1-43(2,3)57(6,7)54-26-35-36(45)38(42(55-35)50-28-48-37-39(46-27-47-40(37)50)49-41(51)29-14-10-8-11-15-29)56-44(30-16-12-9-13-17-30,31-18-22-33(52-4)23-19-31)32-20-24-34(53-5)25-21-32/h8-25,27-28,35-36,38,42H,26H2,1-7H3,(H,46,47,49,51)/t35-,36+,38-,42-/m1/s1. The number of methoxy groups -OCH3 is 2. The summed E-state index contributed by atoms with van der Waals surface area (Å²) in [5, 5.41) is 2.74. The Kier molecular flexibility index (Phi) is 11.3. The molecule has 0 radical (unpaired) electrons. The van der Waals surface area contributed by atoms with Crippen LogP contribution < -0.4 is 14.8 Å². The third-order valence-electron chi connectivity index (χ3n) is 11.1. The molecule has 0 unspecified atom stereocenters. The predicted molar refractivity (Wildman–Crippen MR) is 219 cm³/mol. The van der Waals surface area contributed by atoms with Gasteiger partial charge in [0.25, 0.3) is 5.91 Å². The number of carbonyl (C=O) groups is 1. The minimum Gasteiger partial charge on any atom is -0.497 e. The van der Waals surface area contributed by atoms with Crippen LogP contribution >= 0.6 is 0 Å². The summed E-state index contributed by atoms with van der Waals surface area (Å²) in [6.45, 7) is 10.7. The second kappa shape index (κ2) is 16.2. The van der Waals surface area contributed by atoms with Crippen molar-refractivity contribution >= 4 is 31.2 Å². The first-order chi connectivity index (χ1) is 27.4. The summed E-state index contributed by atoms with van der Waals surface area (Å²) >= 11 is 0. The van der Waals surface area contributed by atoms with Gasteiger partial charge in [0.15, 0.2) is 37.7 Å². The van der Waals surface area contributed by atoms with E-state index in [0.29, 0.717) is 28.2 Å². The number of alkyl halides is 1. The zero-order chi connectivity index (χ0) is 40.4. The Bertz CT molecular complexity index is 2240. The van der Waals surface area contributed by atoms with Crippen molar-refractivity contribution in [2.24, 2.45) is 0 Å². The predicted octanol–water partition coefficient (Wildman–Crippen LogP) is 8.73. The fourth-order valence-corrected chi connectivity index (χ4v) is 7.83. The van der Waals surface area contributed by atoms with Gasteiger partial charge in [-0.05, 0) is 71.2 Å². The van der Waals surface area contributed by atoms with E-state index in [0.717, 1.165) is 16.7 Å². The number of anilines is 1. The Balaban J connectivity index is 1.37.